The second kappa shape index (κ2) is 8.64. The Morgan fingerprint density at radius 2 is 2.07 bits per heavy atom. The molecule has 1 aromatic heterocycles. The average molecular weight is 397 g/mol. The number of aromatic nitrogens is 2. The molecule has 0 radical (unpaired) electrons. The first-order valence-electron chi connectivity index (χ1n) is 9.10. The van der Waals surface area contributed by atoms with E-state index in [0.717, 1.165) is 11.3 Å². The molecule has 0 atom stereocenters. The predicted octanol–water partition coefficient (Wildman–Crippen LogP) is 2.73. The van der Waals surface area contributed by atoms with Gasteiger partial charge in [-0.3, -0.25) is 9.48 Å². The monoisotopic (exact) mass is 397 g/mol. The van der Waals surface area contributed by atoms with Crippen LogP contribution in [0.5, 0.6) is 5.75 Å². The molecule has 0 saturated heterocycles. The number of alkyl halides is 3. The van der Waals surface area contributed by atoms with Crippen LogP contribution in [0.1, 0.15) is 29.4 Å². The Kier molecular flexibility index (Phi) is 6.23. The number of amides is 1. The topological polar surface area (TPSA) is 65.4 Å². The van der Waals surface area contributed by atoms with E-state index in [9.17, 15) is 18.0 Å². The molecule has 3 rings (SSSR count). The first kappa shape index (κ1) is 20.2. The quantitative estimate of drug-likeness (QED) is 0.780. The Bertz CT molecular complexity index is 816. The molecule has 0 fully saturated rings. The molecule has 1 N–H and O–H groups in total. The summed E-state index contributed by atoms with van der Waals surface area (Å²) in [6.45, 7) is 3.10. The molecule has 1 aliphatic rings. The van der Waals surface area contributed by atoms with Gasteiger partial charge in [-0.15, -0.1) is 0 Å². The summed E-state index contributed by atoms with van der Waals surface area (Å²) in [4.78, 5) is 12.1. The summed E-state index contributed by atoms with van der Waals surface area (Å²) < 4.78 is 51.3. The van der Waals surface area contributed by atoms with E-state index in [0.29, 0.717) is 25.3 Å². The zero-order chi connectivity index (χ0) is 20.1. The summed E-state index contributed by atoms with van der Waals surface area (Å²) in [7, 11) is 0. The molecular formula is C19H22F3N3O3. The normalized spacial score (nSPS) is 13.9. The highest BCUT2D eigenvalue weighted by Gasteiger charge is 2.39. The molecule has 0 saturated carbocycles. The number of hydrogen-bond donors (Lipinski definition) is 1. The smallest absolute Gasteiger partial charge is 0.435 e. The lowest BCUT2D eigenvalue weighted by Gasteiger charge is -2.15. The van der Waals surface area contributed by atoms with Crippen LogP contribution in [0, 0.1) is 0 Å². The molecule has 152 valence electrons. The Labute approximate surface area is 160 Å². The highest BCUT2D eigenvalue weighted by atomic mass is 19.4. The van der Waals surface area contributed by atoms with Gasteiger partial charge in [0, 0.05) is 24.2 Å². The van der Waals surface area contributed by atoms with Crippen LogP contribution in [-0.4, -0.2) is 35.4 Å². The van der Waals surface area contributed by atoms with Crippen LogP contribution < -0.4 is 10.1 Å². The third-order valence-electron chi connectivity index (χ3n) is 4.41. The van der Waals surface area contributed by atoms with Crippen molar-refractivity contribution in [2.24, 2.45) is 0 Å². The summed E-state index contributed by atoms with van der Waals surface area (Å²) in [5, 5.41) is 6.45. The first-order chi connectivity index (χ1) is 13.4. The van der Waals surface area contributed by atoms with Crippen LogP contribution in [0.2, 0.25) is 0 Å². The number of halogens is 3. The Morgan fingerprint density at radius 1 is 1.32 bits per heavy atom. The minimum absolute atomic E-state index is 0.0890. The van der Waals surface area contributed by atoms with E-state index in [4.69, 9.17) is 9.47 Å². The van der Waals surface area contributed by atoms with Crippen LogP contribution in [0.15, 0.2) is 24.3 Å². The number of ether oxygens (including phenoxy) is 2. The second-order valence-corrected chi connectivity index (χ2v) is 6.40. The number of fused-ring (bicyclic) bond motifs is 1. The third kappa shape index (κ3) is 4.83. The van der Waals surface area contributed by atoms with Crippen LogP contribution in [0.25, 0.3) is 0 Å². The maximum absolute atomic E-state index is 13.1. The maximum Gasteiger partial charge on any atom is 0.435 e. The molecule has 2 aromatic rings. The fourth-order valence-corrected chi connectivity index (χ4v) is 3.14. The fourth-order valence-electron chi connectivity index (χ4n) is 3.14. The second-order valence-electron chi connectivity index (χ2n) is 6.40. The number of rotatable bonds is 7. The molecule has 0 bridgehead atoms. The van der Waals surface area contributed by atoms with Gasteiger partial charge in [-0.1, -0.05) is 12.1 Å². The highest BCUT2D eigenvalue weighted by Crippen LogP contribution is 2.34. The number of benzene rings is 1. The maximum atomic E-state index is 13.1. The largest absolute Gasteiger partial charge is 0.494 e. The minimum Gasteiger partial charge on any atom is -0.494 e. The third-order valence-corrected chi connectivity index (χ3v) is 4.41. The minimum atomic E-state index is -4.52. The highest BCUT2D eigenvalue weighted by molar-refractivity contribution is 5.78. The van der Waals surface area contributed by atoms with E-state index in [1.807, 2.05) is 19.1 Å². The summed E-state index contributed by atoms with van der Waals surface area (Å²) in [5.41, 5.74) is 0.552. The molecule has 0 unspecified atom stereocenters. The summed E-state index contributed by atoms with van der Waals surface area (Å²) in [6, 6.07) is 7.21. The van der Waals surface area contributed by atoms with Crippen molar-refractivity contribution in [3.05, 3.63) is 46.8 Å². The van der Waals surface area contributed by atoms with Gasteiger partial charge in [0.25, 0.3) is 0 Å². The van der Waals surface area contributed by atoms with Crippen LogP contribution in [0.4, 0.5) is 13.2 Å². The molecule has 1 aromatic carbocycles. The molecule has 28 heavy (non-hydrogen) atoms. The zero-order valence-electron chi connectivity index (χ0n) is 15.5. The number of carbonyl (C=O) groups is 1. The standard InChI is InChI=1S/C19H22F3N3O3/c1-2-28-14-5-3-13(4-6-14)11-17(26)23-8-9-25-16-7-10-27-12-15(16)18(24-25)19(20,21)22/h3-6H,2,7-12H2,1H3,(H,23,26). The molecular weight excluding hydrogens is 375 g/mol. The van der Waals surface area contributed by atoms with Crippen molar-refractivity contribution < 1.29 is 27.4 Å². The lowest BCUT2D eigenvalue weighted by Crippen LogP contribution is -2.29. The van der Waals surface area contributed by atoms with Crippen LogP contribution >= 0.6 is 0 Å². The first-order valence-corrected chi connectivity index (χ1v) is 9.10. The molecule has 9 heteroatoms. The van der Waals surface area contributed by atoms with Crippen LogP contribution in [0.3, 0.4) is 0 Å². The summed E-state index contributed by atoms with van der Waals surface area (Å²) >= 11 is 0. The van der Waals surface area contributed by atoms with Crippen LogP contribution in [-0.2, 0) is 41.7 Å². The van der Waals surface area contributed by atoms with E-state index in [2.05, 4.69) is 10.4 Å². The predicted molar refractivity (Wildman–Crippen MR) is 94.9 cm³/mol. The van der Waals surface area contributed by atoms with Crippen molar-refractivity contribution in [3.63, 3.8) is 0 Å². The van der Waals surface area contributed by atoms with Crippen molar-refractivity contribution in [1.29, 1.82) is 0 Å². The summed E-state index contributed by atoms with van der Waals surface area (Å²) in [5.74, 6) is 0.532. The van der Waals surface area contributed by atoms with Gasteiger partial charge in [0.15, 0.2) is 5.69 Å². The molecule has 0 spiro atoms. The van der Waals surface area contributed by atoms with Crippen molar-refractivity contribution in [3.8, 4) is 5.75 Å². The van der Waals surface area contributed by atoms with Gasteiger partial charge in [0.05, 0.1) is 32.8 Å². The van der Waals surface area contributed by atoms with Gasteiger partial charge in [-0.05, 0) is 24.6 Å². The average Bonchev–Trinajstić information content (AvgIpc) is 3.03. The Balaban J connectivity index is 1.56. The Morgan fingerprint density at radius 3 is 2.75 bits per heavy atom. The molecule has 0 aliphatic carbocycles. The lowest BCUT2D eigenvalue weighted by molar-refractivity contribution is -0.142. The number of nitrogens with zero attached hydrogens (tertiary/aromatic N) is 2. The van der Waals surface area contributed by atoms with Gasteiger partial charge in [0.1, 0.15) is 5.75 Å². The van der Waals surface area contributed by atoms with Gasteiger partial charge >= 0.3 is 6.18 Å². The number of hydrogen-bond acceptors (Lipinski definition) is 4. The van der Waals surface area contributed by atoms with E-state index in [-0.39, 0.29) is 37.6 Å². The molecule has 1 amide bonds. The lowest BCUT2D eigenvalue weighted by atomic mass is 10.1. The van der Waals surface area contributed by atoms with Crippen molar-refractivity contribution >= 4 is 5.91 Å². The molecule has 1 aliphatic heterocycles. The van der Waals surface area contributed by atoms with Gasteiger partial charge < -0.3 is 14.8 Å². The fraction of sp³-hybridized carbons (Fsp3) is 0.474. The number of nitrogens with one attached hydrogen (secondary N) is 1. The van der Waals surface area contributed by atoms with Gasteiger partial charge in [-0.2, -0.15) is 18.3 Å². The van der Waals surface area contributed by atoms with Crippen molar-refractivity contribution in [2.75, 3.05) is 19.8 Å². The van der Waals surface area contributed by atoms with Crippen molar-refractivity contribution in [2.45, 2.75) is 39.1 Å². The van der Waals surface area contributed by atoms with E-state index in [1.54, 1.807) is 12.1 Å². The van der Waals surface area contributed by atoms with E-state index < -0.39 is 11.9 Å². The van der Waals surface area contributed by atoms with E-state index >= 15 is 0 Å². The van der Waals surface area contributed by atoms with Gasteiger partial charge in [-0.25, -0.2) is 0 Å². The molecule has 2 heterocycles. The molecule has 6 nitrogen and oxygen atoms in total. The SMILES string of the molecule is CCOc1ccc(CC(=O)NCCn2nc(C(F)(F)F)c3c2CCOC3)cc1. The number of carbonyl (C=O) groups excluding carboxylic acids is 1. The zero-order valence-corrected chi connectivity index (χ0v) is 15.5. The Hall–Kier alpha value is -2.55. The van der Waals surface area contributed by atoms with Gasteiger partial charge in [0.2, 0.25) is 5.91 Å². The van der Waals surface area contributed by atoms with Crippen molar-refractivity contribution in [1.82, 2.24) is 15.1 Å². The van der Waals surface area contributed by atoms with E-state index in [1.165, 1.54) is 4.68 Å². The summed E-state index contributed by atoms with van der Waals surface area (Å²) in [6.07, 6.45) is -3.96.